The van der Waals surface area contributed by atoms with E-state index in [0.29, 0.717) is 0 Å². The summed E-state index contributed by atoms with van der Waals surface area (Å²) in [4.78, 5) is 0. The number of hydrogen-bond donors (Lipinski definition) is 0. The Morgan fingerprint density at radius 2 is 1.67 bits per heavy atom. The molecule has 0 aliphatic rings. The Kier molecular flexibility index (Phi) is 6.46. The zero-order valence-electron chi connectivity index (χ0n) is 15.6. The Bertz CT molecular complexity index is 841. The Labute approximate surface area is 159 Å². The molecular weight excluding hydrogens is 375 g/mol. The number of alkyl halides is 3. The van der Waals surface area contributed by atoms with Crippen molar-refractivity contribution in [1.82, 2.24) is 0 Å². The lowest BCUT2D eigenvalue weighted by atomic mass is 10.0. The molecule has 0 aromatic heterocycles. The van der Waals surface area contributed by atoms with E-state index in [2.05, 4.69) is 4.40 Å². The lowest BCUT2D eigenvalue weighted by Crippen LogP contribution is -2.21. The van der Waals surface area contributed by atoms with Crippen LogP contribution in [0.3, 0.4) is 0 Å². The lowest BCUT2D eigenvalue weighted by Gasteiger charge is -2.19. The van der Waals surface area contributed by atoms with E-state index in [-0.39, 0.29) is 23.6 Å². The van der Waals surface area contributed by atoms with Crippen molar-refractivity contribution >= 4 is 16.7 Å². The molecule has 27 heavy (non-hydrogen) atoms. The zero-order chi connectivity index (χ0) is 20.2. The molecule has 2 rings (SSSR count). The first-order valence-corrected chi connectivity index (χ1v) is 9.45. The number of benzene rings is 2. The number of halogens is 3. The Balaban J connectivity index is 2.44. The standard InChI is InChI=1S/C20H22F3NO2S/c1-14(24-27(25)19(2,3)4)16-11-8-12-17(18(16)20(21,22)23)26-13-15-9-6-5-7-10-15/h5-12H,13H2,1-4H3/t27-/m1/s1. The van der Waals surface area contributed by atoms with Crippen molar-refractivity contribution in [3.63, 3.8) is 0 Å². The first-order chi connectivity index (χ1) is 12.5. The highest BCUT2D eigenvalue weighted by Gasteiger charge is 2.38. The van der Waals surface area contributed by atoms with Gasteiger partial charge in [-0.1, -0.05) is 42.5 Å². The van der Waals surface area contributed by atoms with Crippen molar-refractivity contribution in [3.8, 4) is 5.75 Å². The second-order valence-electron chi connectivity index (χ2n) is 6.99. The molecule has 0 radical (unpaired) electrons. The van der Waals surface area contributed by atoms with Gasteiger partial charge in [-0.05, 0) is 39.3 Å². The van der Waals surface area contributed by atoms with Gasteiger partial charge >= 0.3 is 6.18 Å². The van der Waals surface area contributed by atoms with Crippen LogP contribution < -0.4 is 4.74 Å². The predicted octanol–water partition coefficient (Wildman–Crippen LogP) is 5.56. The second-order valence-corrected chi connectivity index (χ2v) is 8.89. The van der Waals surface area contributed by atoms with Crippen LogP contribution in [0.25, 0.3) is 0 Å². The maximum atomic E-state index is 13.8. The molecule has 0 heterocycles. The minimum atomic E-state index is -4.64. The number of rotatable bonds is 5. The van der Waals surface area contributed by atoms with Gasteiger partial charge in [-0.3, -0.25) is 0 Å². The Morgan fingerprint density at radius 3 is 2.22 bits per heavy atom. The summed E-state index contributed by atoms with van der Waals surface area (Å²) in [5.41, 5.74) is -0.227. The fraction of sp³-hybridized carbons (Fsp3) is 0.350. The molecule has 0 aliphatic heterocycles. The van der Waals surface area contributed by atoms with Gasteiger partial charge in [0.05, 0.1) is 10.5 Å². The zero-order valence-corrected chi connectivity index (χ0v) is 16.4. The third kappa shape index (κ3) is 5.66. The molecule has 0 spiro atoms. The van der Waals surface area contributed by atoms with E-state index in [0.717, 1.165) is 5.56 Å². The highest BCUT2D eigenvalue weighted by molar-refractivity contribution is 7.85. The van der Waals surface area contributed by atoms with Crippen molar-refractivity contribution in [1.29, 1.82) is 0 Å². The van der Waals surface area contributed by atoms with Gasteiger partial charge in [0.15, 0.2) is 0 Å². The topological polar surface area (TPSA) is 38.7 Å². The summed E-state index contributed by atoms with van der Waals surface area (Å²) < 4.78 is 62.3. The average Bonchev–Trinajstić information content (AvgIpc) is 2.58. The molecule has 0 unspecified atom stereocenters. The van der Waals surface area contributed by atoms with E-state index < -0.39 is 27.5 Å². The van der Waals surface area contributed by atoms with Crippen molar-refractivity contribution in [2.24, 2.45) is 4.40 Å². The van der Waals surface area contributed by atoms with Crippen LogP contribution in [0.2, 0.25) is 0 Å². The molecule has 1 atom stereocenters. The highest BCUT2D eigenvalue weighted by atomic mass is 32.2. The number of nitrogens with zero attached hydrogens (tertiary/aromatic N) is 1. The third-order valence-electron chi connectivity index (χ3n) is 3.68. The van der Waals surface area contributed by atoms with Gasteiger partial charge in [0.2, 0.25) is 0 Å². The second kappa shape index (κ2) is 8.25. The largest absolute Gasteiger partial charge is 0.488 e. The minimum absolute atomic E-state index is 0.0114. The number of ether oxygens (including phenoxy) is 1. The molecule has 146 valence electrons. The highest BCUT2D eigenvalue weighted by Crippen LogP contribution is 2.39. The van der Waals surface area contributed by atoms with E-state index in [4.69, 9.17) is 4.74 Å². The maximum Gasteiger partial charge on any atom is 0.420 e. The first-order valence-electron chi connectivity index (χ1n) is 8.34. The molecule has 0 saturated heterocycles. The van der Waals surface area contributed by atoms with E-state index in [1.807, 2.05) is 6.07 Å². The summed E-state index contributed by atoms with van der Waals surface area (Å²) in [6, 6.07) is 13.0. The van der Waals surface area contributed by atoms with Crippen LogP contribution in [0.15, 0.2) is 52.9 Å². The van der Waals surface area contributed by atoms with Crippen LogP contribution in [-0.4, -0.2) is 14.7 Å². The molecule has 2 aromatic carbocycles. The van der Waals surface area contributed by atoms with Crippen molar-refractivity contribution in [2.45, 2.75) is 45.2 Å². The summed E-state index contributed by atoms with van der Waals surface area (Å²) in [6.45, 7) is 6.57. The van der Waals surface area contributed by atoms with Crippen LogP contribution in [0.4, 0.5) is 13.2 Å². The maximum absolute atomic E-state index is 13.8. The van der Waals surface area contributed by atoms with Gasteiger partial charge < -0.3 is 4.74 Å². The summed E-state index contributed by atoms with van der Waals surface area (Å²) in [7, 11) is -1.66. The predicted molar refractivity (Wildman–Crippen MR) is 102 cm³/mol. The van der Waals surface area contributed by atoms with Gasteiger partial charge in [-0.25, -0.2) is 4.21 Å². The van der Waals surface area contributed by atoms with Crippen LogP contribution >= 0.6 is 0 Å². The third-order valence-corrected chi connectivity index (χ3v) is 5.17. The smallest absolute Gasteiger partial charge is 0.420 e. The molecule has 0 fully saturated rings. The summed E-state index contributed by atoms with van der Waals surface area (Å²) in [5, 5.41) is 0. The molecular formula is C20H22F3NO2S. The SMILES string of the molecule is CC(=N[S@](=O)C(C)(C)C)c1cccc(OCc2ccccc2)c1C(F)(F)F. The van der Waals surface area contributed by atoms with E-state index >= 15 is 0 Å². The normalized spacial score (nSPS) is 14.1. The van der Waals surface area contributed by atoms with E-state index in [9.17, 15) is 17.4 Å². The van der Waals surface area contributed by atoms with Crippen LogP contribution in [0.5, 0.6) is 5.75 Å². The van der Waals surface area contributed by atoms with Crippen molar-refractivity contribution < 1.29 is 22.1 Å². The molecule has 3 nitrogen and oxygen atoms in total. The van der Waals surface area contributed by atoms with Crippen LogP contribution in [-0.2, 0) is 23.8 Å². The minimum Gasteiger partial charge on any atom is -0.488 e. The van der Waals surface area contributed by atoms with Crippen LogP contribution in [0, 0.1) is 0 Å². The Morgan fingerprint density at radius 1 is 1.04 bits per heavy atom. The molecule has 2 aromatic rings. The molecule has 0 bridgehead atoms. The molecule has 0 aliphatic carbocycles. The molecule has 0 N–H and O–H groups in total. The fourth-order valence-corrected chi connectivity index (χ4v) is 2.91. The first kappa shape index (κ1) is 21.2. The monoisotopic (exact) mass is 397 g/mol. The Hall–Kier alpha value is -2.15. The van der Waals surface area contributed by atoms with Gasteiger partial charge in [0.25, 0.3) is 0 Å². The van der Waals surface area contributed by atoms with Gasteiger partial charge in [-0.2, -0.15) is 17.6 Å². The van der Waals surface area contributed by atoms with Crippen LogP contribution in [0.1, 0.15) is 44.4 Å². The molecule has 7 heteroatoms. The van der Waals surface area contributed by atoms with Gasteiger partial charge in [0.1, 0.15) is 28.9 Å². The average molecular weight is 397 g/mol. The van der Waals surface area contributed by atoms with Gasteiger partial charge in [0, 0.05) is 5.56 Å². The van der Waals surface area contributed by atoms with E-state index in [1.54, 1.807) is 45.0 Å². The fourth-order valence-electron chi connectivity index (χ4n) is 2.29. The van der Waals surface area contributed by atoms with Crippen molar-refractivity contribution in [3.05, 3.63) is 65.2 Å². The molecule has 0 saturated carbocycles. The summed E-state index contributed by atoms with van der Waals surface area (Å²) in [6.07, 6.45) is -4.64. The summed E-state index contributed by atoms with van der Waals surface area (Å²) in [5.74, 6) is -0.278. The van der Waals surface area contributed by atoms with Gasteiger partial charge in [-0.15, -0.1) is 0 Å². The molecule has 0 amide bonds. The lowest BCUT2D eigenvalue weighted by molar-refractivity contribution is -0.139. The van der Waals surface area contributed by atoms with Crippen molar-refractivity contribution in [2.75, 3.05) is 0 Å². The quantitative estimate of drug-likeness (QED) is 0.620. The van der Waals surface area contributed by atoms with E-state index in [1.165, 1.54) is 25.1 Å². The number of hydrogen-bond acceptors (Lipinski definition) is 2. The summed E-state index contributed by atoms with van der Waals surface area (Å²) >= 11 is 0.